The molecule has 1 aliphatic heterocycles. The average Bonchev–Trinajstić information content (AvgIpc) is 3.27. The predicted molar refractivity (Wildman–Crippen MR) is 129 cm³/mol. The van der Waals surface area contributed by atoms with E-state index >= 15 is 0 Å². The van der Waals surface area contributed by atoms with E-state index in [1.54, 1.807) is 25.4 Å². The summed E-state index contributed by atoms with van der Waals surface area (Å²) >= 11 is 6.03. The number of hydrogen-bond acceptors (Lipinski definition) is 7. The van der Waals surface area contributed by atoms with Crippen molar-refractivity contribution < 1.29 is 24.1 Å². The van der Waals surface area contributed by atoms with Gasteiger partial charge in [-0.1, -0.05) is 23.7 Å². The van der Waals surface area contributed by atoms with E-state index in [1.165, 1.54) is 0 Å². The van der Waals surface area contributed by atoms with Gasteiger partial charge in [-0.2, -0.15) is 5.10 Å². The summed E-state index contributed by atoms with van der Waals surface area (Å²) in [7, 11) is 1.63. The Morgan fingerprint density at radius 3 is 2.85 bits per heavy atom. The largest absolute Gasteiger partial charge is 0.493 e. The second-order valence-corrected chi connectivity index (χ2v) is 8.77. The average molecular weight is 488 g/mol. The number of β-amino-alcohol motifs (C(OH)–C–C–N with tert-alkyl or cyclic N) is 1. The van der Waals surface area contributed by atoms with Crippen LogP contribution in [0.25, 0.3) is 0 Å². The van der Waals surface area contributed by atoms with Crippen LogP contribution in [0.15, 0.2) is 60.9 Å². The highest BCUT2D eigenvalue weighted by Crippen LogP contribution is 2.29. The van der Waals surface area contributed by atoms with Gasteiger partial charge in [0, 0.05) is 37.1 Å². The Labute approximate surface area is 204 Å². The molecule has 1 N–H and O–H groups in total. The van der Waals surface area contributed by atoms with E-state index < -0.39 is 5.60 Å². The number of aliphatic hydroxyl groups is 1. The third kappa shape index (κ3) is 6.87. The van der Waals surface area contributed by atoms with Gasteiger partial charge in [0.15, 0.2) is 11.5 Å². The molecule has 3 aromatic rings. The van der Waals surface area contributed by atoms with Crippen LogP contribution >= 0.6 is 11.6 Å². The minimum absolute atomic E-state index is 0.105. The molecule has 0 saturated carbocycles. The van der Waals surface area contributed by atoms with Crippen molar-refractivity contribution in [3.63, 3.8) is 0 Å². The quantitative estimate of drug-likeness (QED) is 0.470. The van der Waals surface area contributed by atoms with Gasteiger partial charge in [0.05, 0.1) is 26.9 Å². The highest BCUT2D eigenvalue weighted by atomic mass is 35.5. The lowest BCUT2D eigenvalue weighted by molar-refractivity contribution is -0.0646. The van der Waals surface area contributed by atoms with Gasteiger partial charge in [0.25, 0.3) is 0 Å². The Morgan fingerprint density at radius 1 is 1.15 bits per heavy atom. The minimum Gasteiger partial charge on any atom is -0.493 e. The van der Waals surface area contributed by atoms with Crippen LogP contribution in [0.3, 0.4) is 0 Å². The van der Waals surface area contributed by atoms with Gasteiger partial charge in [-0.15, -0.1) is 0 Å². The first kappa shape index (κ1) is 24.3. The van der Waals surface area contributed by atoms with Crippen LogP contribution in [-0.2, 0) is 17.8 Å². The Hall–Kier alpha value is -2.78. The Bertz CT molecular complexity index is 1050. The number of rotatable bonds is 10. The van der Waals surface area contributed by atoms with Crippen LogP contribution in [0.1, 0.15) is 5.56 Å². The minimum atomic E-state index is -1.14. The molecule has 9 heteroatoms. The maximum absolute atomic E-state index is 11.2. The van der Waals surface area contributed by atoms with Crippen molar-refractivity contribution in [2.45, 2.75) is 18.7 Å². The van der Waals surface area contributed by atoms with E-state index in [9.17, 15) is 5.11 Å². The molecule has 182 valence electrons. The molecule has 0 amide bonds. The zero-order chi connectivity index (χ0) is 23.8. The molecule has 2 heterocycles. The van der Waals surface area contributed by atoms with E-state index in [0.29, 0.717) is 61.7 Å². The molecule has 1 saturated heterocycles. The summed E-state index contributed by atoms with van der Waals surface area (Å²) in [6.07, 6.45) is 3.64. The molecule has 0 radical (unpaired) electrons. The highest BCUT2D eigenvalue weighted by molar-refractivity contribution is 6.30. The van der Waals surface area contributed by atoms with Crippen LogP contribution in [0.5, 0.6) is 17.2 Å². The normalized spacial score (nSPS) is 18.9. The number of benzene rings is 2. The van der Waals surface area contributed by atoms with E-state index in [-0.39, 0.29) is 13.2 Å². The number of methoxy groups -OCH3 is 1. The molecule has 1 atom stereocenters. The fourth-order valence-electron chi connectivity index (χ4n) is 3.87. The van der Waals surface area contributed by atoms with E-state index in [1.807, 2.05) is 47.3 Å². The number of halogens is 1. The smallest absolute Gasteiger partial charge is 0.161 e. The van der Waals surface area contributed by atoms with Gasteiger partial charge in [-0.25, -0.2) is 0 Å². The zero-order valence-electron chi connectivity index (χ0n) is 19.2. The topological polar surface area (TPSA) is 78.2 Å². The lowest BCUT2D eigenvalue weighted by Gasteiger charge is -2.30. The fourth-order valence-corrected chi connectivity index (χ4v) is 4.05. The molecule has 0 bridgehead atoms. The zero-order valence-corrected chi connectivity index (χ0v) is 20.0. The van der Waals surface area contributed by atoms with Crippen LogP contribution in [0, 0.1) is 0 Å². The number of nitrogens with zero attached hydrogens (tertiary/aromatic N) is 3. The van der Waals surface area contributed by atoms with Crippen LogP contribution in [0.4, 0.5) is 0 Å². The molecule has 34 heavy (non-hydrogen) atoms. The third-order valence-electron chi connectivity index (χ3n) is 5.52. The molecular weight excluding hydrogens is 458 g/mol. The van der Waals surface area contributed by atoms with Gasteiger partial charge >= 0.3 is 0 Å². The summed E-state index contributed by atoms with van der Waals surface area (Å²) in [5, 5.41) is 16.0. The SMILES string of the molecule is COc1ccc(CN2CCOC[C@@](O)(COc3cccc(Cl)c3)C2)cc1OCCn1cccn1. The lowest BCUT2D eigenvalue weighted by atomic mass is 10.1. The molecular formula is C25H30ClN3O5. The summed E-state index contributed by atoms with van der Waals surface area (Å²) < 4.78 is 24.8. The summed E-state index contributed by atoms with van der Waals surface area (Å²) in [6.45, 7) is 3.69. The molecule has 4 rings (SSSR count). The first-order valence-electron chi connectivity index (χ1n) is 11.2. The molecule has 8 nitrogen and oxygen atoms in total. The number of ether oxygens (including phenoxy) is 4. The van der Waals surface area contributed by atoms with Crippen molar-refractivity contribution in [3.8, 4) is 17.2 Å². The van der Waals surface area contributed by atoms with Crippen molar-refractivity contribution in [1.82, 2.24) is 14.7 Å². The summed E-state index contributed by atoms with van der Waals surface area (Å²) in [4.78, 5) is 2.16. The first-order valence-corrected chi connectivity index (χ1v) is 11.6. The molecule has 2 aromatic carbocycles. The van der Waals surface area contributed by atoms with Crippen molar-refractivity contribution >= 4 is 11.6 Å². The van der Waals surface area contributed by atoms with Crippen molar-refractivity contribution in [2.24, 2.45) is 0 Å². The Morgan fingerprint density at radius 2 is 2.06 bits per heavy atom. The lowest BCUT2D eigenvalue weighted by Crippen LogP contribution is -2.48. The van der Waals surface area contributed by atoms with Crippen LogP contribution < -0.4 is 14.2 Å². The van der Waals surface area contributed by atoms with Crippen molar-refractivity contribution in [2.75, 3.05) is 46.6 Å². The Kier molecular flexibility index (Phi) is 8.29. The molecule has 0 aliphatic carbocycles. The second-order valence-electron chi connectivity index (χ2n) is 8.34. The maximum atomic E-state index is 11.2. The van der Waals surface area contributed by atoms with E-state index in [2.05, 4.69) is 10.00 Å². The fraction of sp³-hybridized carbons (Fsp3) is 0.400. The van der Waals surface area contributed by atoms with Crippen molar-refractivity contribution in [1.29, 1.82) is 0 Å². The third-order valence-corrected chi connectivity index (χ3v) is 5.75. The maximum Gasteiger partial charge on any atom is 0.161 e. The summed E-state index contributed by atoms with van der Waals surface area (Å²) in [5.74, 6) is 1.97. The second kappa shape index (κ2) is 11.6. The van der Waals surface area contributed by atoms with E-state index in [4.69, 9.17) is 30.5 Å². The van der Waals surface area contributed by atoms with Gasteiger partial charge in [0.2, 0.25) is 0 Å². The van der Waals surface area contributed by atoms with Gasteiger partial charge in [0.1, 0.15) is 24.6 Å². The summed E-state index contributed by atoms with van der Waals surface area (Å²) in [5.41, 5.74) is -0.0936. The summed E-state index contributed by atoms with van der Waals surface area (Å²) in [6, 6.07) is 14.9. The highest BCUT2D eigenvalue weighted by Gasteiger charge is 2.33. The number of aromatic nitrogens is 2. The van der Waals surface area contributed by atoms with Crippen molar-refractivity contribution in [3.05, 3.63) is 71.5 Å². The molecule has 0 unspecified atom stereocenters. The molecule has 1 fully saturated rings. The first-order chi connectivity index (χ1) is 16.5. The van der Waals surface area contributed by atoms with Crippen LogP contribution in [0.2, 0.25) is 5.02 Å². The monoisotopic (exact) mass is 487 g/mol. The molecule has 1 aliphatic rings. The predicted octanol–water partition coefficient (Wildman–Crippen LogP) is 3.27. The molecule has 1 aromatic heterocycles. The molecule has 0 spiro atoms. The van der Waals surface area contributed by atoms with Gasteiger partial charge in [-0.05, 0) is 42.0 Å². The number of hydrogen-bond donors (Lipinski definition) is 1. The van der Waals surface area contributed by atoms with Crippen LogP contribution in [-0.4, -0.2) is 72.0 Å². The Balaban J connectivity index is 1.38. The van der Waals surface area contributed by atoms with Gasteiger partial charge in [-0.3, -0.25) is 9.58 Å². The standard InChI is InChI=1S/C25H30ClN3O5/c1-31-23-7-6-20(14-24(23)33-13-11-29-9-3-8-27-29)16-28-10-12-32-18-25(30,17-28)19-34-22-5-2-4-21(26)15-22/h2-9,14-15,30H,10-13,16-19H2,1H3/t25-/m1/s1. The van der Waals surface area contributed by atoms with Gasteiger partial charge < -0.3 is 24.1 Å². The van der Waals surface area contributed by atoms with E-state index in [0.717, 1.165) is 5.56 Å².